The molecule has 2 aromatic carbocycles. The number of halogens is 3. The number of nitro groups is 1. The standard InChI is InChI=1S/C18H16F3N3O4S/c1-23(9-11-2-5-13(6-3-11)18(19,20)21)16(25)10-29-15-7-4-12(17(22)26)8-14(15)24(27)28/h2-8H,9-10H2,1H3,(H2,22,26). The number of primary amides is 1. The van der Waals surface area contributed by atoms with Crippen LogP contribution in [0.5, 0.6) is 0 Å². The Morgan fingerprint density at radius 3 is 2.31 bits per heavy atom. The molecular formula is C18H16F3N3O4S. The first-order chi connectivity index (χ1) is 13.5. The minimum Gasteiger partial charge on any atom is -0.366 e. The van der Waals surface area contributed by atoms with Crippen LogP contribution in [0.25, 0.3) is 0 Å². The highest BCUT2D eigenvalue weighted by molar-refractivity contribution is 8.00. The summed E-state index contributed by atoms with van der Waals surface area (Å²) in [5.41, 5.74) is 4.47. The van der Waals surface area contributed by atoms with E-state index in [1.807, 2.05) is 0 Å². The number of alkyl halides is 3. The monoisotopic (exact) mass is 427 g/mol. The molecule has 0 heterocycles. The van der Waals surface area contributed by atoms with Gasteiger partial charge in [0, 0.05) is 25.2 Å². The lowest BCUT2D eigenvalue weighted by molar-refractivity contribution is -0.387. The van der Waals surface area contributed by atoms with E-state index in [4.69, 9.17) is 5.73 Å². The molecule has 29 heavy (non-hydrogen) atoms. The fourth-order valence-corrected chi connectivity index (χ4v) is 3.29. The minimum absolute atomic E-state index is 0.0215. The van der Waals surface area contributed by atoms with Crippen LogP contribution in [0.15, 0.2) is 47.4 Å². The van der Waals surface area contributed by atoms with Gasteiger partial charge in [0.1, 0.15) is 0 Å². The molecule has 0 radical (unpaired) electrons. The summed E-state index contributed by atoms with van der Waals surface area (Å²) in [4.78, 5) is 35.4. The highest BCUT2D eigenvalue weighted by atomic mass is 32.2. The normalized spacial score (nSPS) is 11.2. The zero-order valence-electron chi connectivity index (χ0n) is 15.1. The number of carbonyl (C=O) groups excluding carboxylic acids is 2. The van der Waals surface area contributed by atoms with E-state index in [0.717, 1.165) is 30.0 Å². The summed E-state index contributed by atoms with van der Waals surface area (Å²) < 4.78 is 37.8. The molecule has 2 amide bonds. The number of hydrogen-bond acceptors (Lipinski definition) is 5. The Morgan fingerprint density at radius 2 is 1.79 bits per heavy atom. The fraction of sp³-hybridized carbons (Fsp3) is 0.222. The van der Waals surface area contributed by atoms with Crippen LogP contribution in [0, 0.1) is 10.1 Å². The smallest absolute Gasteiger partial charge is 0.366 e. The number of benzene rings is 2. The highest BCUT2D eigenvalue weighted by Gasteiger charge is 2.30. The summed E-state index contributed by atoms with van der Waals surface area (Å²) in [7, 11) is 1.48. The van der Waals surface area contributed by atoms with Crippen LogP contribution < -0.4 is 5.73 Å². The summed E-state index contributed by atoms with van der Waals surface area (Å²) >= 11 is 0.915. The van der Waals surface area contributed by atoms with Crippen LogP contribution in [0.1, 0.15) is 21.5 Å². The number of nitrogens with two attached hydrogens (primary N) is 1. The zero-order chi connectivity index (χ0) is 21.8. The van der Waals surface area contributed by atoms with Crippen molar-refractivity contribution in [1.29, 1.82) is 0 Å². The van der Waals surface area contributed by atoms with Gasteiger partial charge in [-0.05, 0) is 29.8 Å². The number of hydrogen-bond donors (Lipinski definition) is 1. The van der Waals surface area contributed by atoms with E-state index >= 15 is 0 Å². The van der Waals surface area contributed by atoms with Gasteiger partial charge in [0.05, 0.1) is 21.1 Å². The third-order valence-corrected chi connectivity index (χ3v) is 4.97. The van der Waals surface area contributed by atoms with Crippen molar-refractivity contribution in [3.8, 4) is 0 Å². The van der Waals surface area contributed by atoms with E-state index in [-0.39, 0.29) is 34.4 Å². The van der Waals surface area contributed by atoms with Crippen LogP contribution in [-0.4, -0.2) is 34.4 Å². The van der Waals surface area contributed by atoms with Crippen LogP contribution in [0.2, 0.25) is 0 Å². The SMILES string of the molecule is CN(Cc1ccc(C(F)(F)F)cc1)C(=O)CSc1ccc(C(N)=O)cc1[N+](=O)[O-]. The molecule has 7 nitrogen and oxygen atoms in total. The lowest BCUT2D eigenvalue weighted by Gasteiger charge is -2.17. The number of nitrogens with zero attached hydrogens (tertiary/aromatic N) is 2. The number of thioether (sulfide) groups is 1. The van der Waals surface area contributed by atoms with Crippen molar-refractivity contribution in [2.45, 2.75) is 17.6 Å². The molecule has 0 aromatic heterocycles. The second kappa shape index (κ2) is 8.95. The minimum atomic E-state index is -4.43. The molecule has 0 bridgehead atoms. The van der Waals surface area contributed by atoms with Crippen molar-refractivity contribution in [3.05, 3.63) is 69.3 Å². The molecule has 0 aliphatic heterocycles. The van der Waals surface area contributed by atoms with E-state index < -0.39 is 22.6 Å². The van der Waals surface area contributed by atoms with E-state index in [2.05, 4.69) is 0 Å². The quantitative estimate of drug-likeness (QED) is 0.414. The average molecular weight is 427 g/mol. The fourth-order valence-electron chi connectivity index (χ4n) is 2.35. The topological polar surface area (TPSA) is 107 Å². The lowest BCUT2D eigenvalue weighted by Crippen LogP contribution is -2.27. The molecule has 0 unspecified atom stereocenters. The number of rotatable bonds is 7. The van der Waals surface area contributed by atoms with Gasteiger partial charge in [0.15, 0.2) is 0 Å². The van der Waals surface area contributed by atoms with Gasteiger partial charge < -0.3 is 10.6 Å². The third-order valence-electron chi connectivity index (χ3n) is 3.92. The van der Waals surface area contributed by atoms with Gasteiger partial charge in [-0.15, -0.1) is 11.8 Å². The second-order valence-electron chi connectivity index (χ2n) is 6.04. The molecular weight excluding hydrogens is 411 g/mol. The average Bonchev–Trinajstić information content (AvgIpc) is 2.65. The Morgan fingerprint density at radius 1 is 1.17 bits per heavy atom. The second-order valence-corrected chi connectivity index (χ2v) is 7.05. The molecule has 0 atom stereocenters. The number of carbonyl (C=O) groups is 2. The summed E-state index contributed by atoms with van der Waals surface area (Å²) in [6.45, 7) is 0.0836. The van der Waals surface area contributed by atoms with Gasteiger partial charge in [-0.3, -0.25) is 19.7 Å². The molecule has 0 saturated carbocycles. The van der Waals surface area contributed by atoms with E-state index in [0.29, 0.717) is 5.56 Å². The van der Waals surface area contributed by atoms with Crippen molar-refractivity contribution in [2.75, 3.05) is 12.8 Å². The number of amides is 2. The van der Waals surface area contributed by atoms with Gasteiger partial charge in [0.25, 0.3) is 5.69 Å². The van der Waals surface area contributed by atoms with E-state index in [9.17, 15) is 32.9 Å². The lowest BCUT2D eigenvalue weighted by atomic mass is 10.1. The summed E-state index contributed by atoms with van der Waals surface area (Å²) in [5.74, 6) is -1.31. The maximum absolute atomic E-state index is 12.6. The van der Waals surface area contributed by atoms with Crippen LogP contribution >= 0.6 is 11.8 Å². The molecule has 2 rings (SSSR count). The predicted molar refractivity (Wildman–Crippen MR) is 100 cm³/mol. The van der Waals surface area contributed by atoms with Crippen molar-refractivity contribution in [3.63, 3.8) is 0 Å². The molecule has 0 aliphatic carbocycles. The molecule has 154 valence electrons. The maximum atomic E-state index is 12.6. The Labute approximate surface area is 167 Å². The van der Waals surface area contributed by atoms with Gasteiger partial charge >= 0.3 is 6.18 Å². The highest BCUT2D eigenvalue weighted by Crippen LogP contribution is 2.31. The molecule has 2 aromatic rings. The molecule has 0 spiro atoms. The molecule has 0 saturated heterocycles. The summed E-state index contributed by atoms with van der Waals surface area (Å²) in [5, 5.41) is 11.2. The van der Waals surface area contributed by atoms with Crippen molar-refractivity contribution in [1.82, 2.24) is 4.90 Å². The zero-order valence-corrected chi connectivity index (χ0v) is 15.9. The van der Waals surface area contributed by atoms with Crippen LogP contribution in [0.3, 0.4) is 0 Å². The summed E-state index contributed by atoms with van der Waals surface area (Å²) in [6, 6.07) is 8.15. The van der Waals surface area contributed by atoms with Gasteiger partial charge in [-0.2, -0.15) is 13.2 Å². The molecule has 11 heteroatoms. The Balaban J connectivity index is 2.01. The Bertz CT molecular complexity index is 933. The van der Waals surface area contributed by atoms with E-state index in [1.54, 1.807) is 0 Å². The van der Waals surface area contributed by atoms with Crippen LogP contribution in [0.4, 0.5) is 18.9 Å². The van der Waals surface area contributed by atoms with Crippen LogP contribution in [-0.2, 0) is 17.5 Å². The largest absolute Gasteiger partial charge is 0.416 e. The molecule has 2 N–H and O–H groups in total. The Hall–Kier alpha value is -3.08. The Kier molecular flexibility index (Phi) is 6.85. The maximum Gasteiger partial charge on any atom is 0.416 e. The molecule has 0 aliphatic rings. The van der Waals surface area contributed by atoms with Crippen molar-refractivity contribution >= 4 is 29.3 Å². The van der Waals surface area contributed by atoms with E-state index in [1.165, 1.54) is 36.2 Å². The van der Waals surface area contributed by atoms with Gasteiger partial charge in [-0.25, -0.2) is 0 Å². The third kappa shape index (κ3) is 5.95. The van der Waals surface area contributed by atoms with Gasteiger partial charge in [0.2, 0.25) is 11.8 Å². The predicted octanol–water partition coefficient (Wildman–Crippen LogP) is 3.46. The van der Waals surface area contributed by atoms with Crippen molar-refractivity contribution < 1.29 is 27.7 Å². The summed E-state index contributed by atoms with van der Waals surface area (Å²) in [6.07, 6.45) is -4.43. The van der Waals surface area contributed by atoms with Gasteiger partial charge in [-0.1, -0.05) is 12.1 Å². The first-order valence-corrected chi connectivity index (χ1v) is 9.08. The van der Waals surface area contributed by atoms with Crippen molar-refractivity contribution in [2.24, 2.45) is 5.73 Å². The number of nitro benzene ring substituents is 1. The first kappa shape index (κ1) is 22.2. The molecule has 0 fully saturated rings. The first-order valence-electron chi connectivity index (χ1n) is 8.10.